The summed E-state index contributed by atoms with van der Waals surface area (Å²) in [5.41, 5.74) is 4.24. The van der Waals surface area contributed by atoms with Crippen molar-refractivity contribution in [2.45, 2.75) is 58.1 Å². The van der Waals surface area contributed by atoms with E-state index in [0.717, 1.165) is 25.7 Å². The molecule has 2 amide bonds. The van der Waals surface area contributed by atoms with Crippen molar-refractivity contribution >= 4 is 39.0 Å². The number of fused-ring (bicyclic) bond motifs is 1. The van der Waals surface area contributed by atoms with Crippen LogP contribution in [0.4, 0.5) is 15.4 Å². The smallest absolute Gasteiger partial charge is 0.426 e. The average molecular weight is 496 g/mol. The maximum Gasteiger partial charge on any atom is 0.426 e. The number of aromatic nitrogens is 3. The molecular formula is C21H33N7O5S. The second-order valence-electron chi connectivity index (χ2n) is 9.45. The summed E-state index contributed by atoms with van der Waals surface area (Å²) in [5.74, 6) is 0.963. The number of ether oxygens (including phenoxy) is 1. The van der Waals surface area contributed by atoms with Gasteiger partial charge < -0.3 is 9.64 Å². The van der Waals surface area contributed by atoms with E-state index < -0.39 is 27.7 Å². The highest BCUT2D eigenvalue weighted by Crippen LogP contribution is 2.32. The van der Waals surface area contributed by atoms with E-state index in [0.29, 0.717) is 16.9 Å². The highest BCUT2D eigenvalue weighted by molar-refractivity contribution is 7.89. The molecule has 12 nitrogen and oxygen atoms in total. The van der Waals surface area contributed by atoms with Gasteiger partial charge in [0, 0.05) is 19.3 Å². The van der Waals surface area contributed by atoms with Gasteiger partial charge in [0.05, 0.1) is 11.1 Å². The molecule has 0 bridgehead atoms. The molecule has 13 heteroatoms. The fourth-order valence-electron chi connectivity index (χ4n) is 4.12. The molecule has 2 heterocycles. The summed E-state index contributed by atoms with van der Waals surface area (Å²) < 4.78 is 32.5. The molecule has 0 unspecified atom stereocenters. The van der Waals surface area contributed by atoms with Crippen molar-refractivity contribution in [2.75, 3.05) is 24.7 Å². The lowest BCUT2D eigenvalue weighted by atomic mass is 9.86. The number of nitrogens with one attached hydrogen (secondary N) is 3. The standard InChI is InChI=1S/C21H33N7O5S/c1-21(2,3)33-20(30)26-25-19(29)28-11-10-16-17(23-13-24-18(16)28)27(5)15-8-6-14(7-9-15)12-34(31,32)22-4/h10-11,13-15,22H,6-9,12H2,1-5H3,(H,25,29)(H,26,30)/t14-,15-. The van der Waals surface area contributed by atoms with Crippen LogP contribution in [-0.2, 0) is 14.8 Å². The Hall–Kier alpha value is -2.93. The van der Waals surface area contributed by atoms with Crippen LogP contribution >= 0.6 is 0 Å². The van der Waals surface area contributed by atoms with Crippen molar-refractivity contribution < 1.29 is 22.7 Å². The molecule has 2 aromatic heterocycles. The lowest BCUT2D eigenvalue weighted by molar-refractivity contribution is 0.0505. The van der Waals surface area contributed by atoms with E-state index in [1.165, 1.54) is 17.9 Å². The van der Waals surface area contributed by atoms with E-state index in [-0.39, 0.29) is 17.7 Å². The minimum atomic E-state index is -3.22. The third-order valence-electron chi connectivity index (χ3n) is 5.81. The van der Waals surface area contributed by atoms with Crippen LogP contribution < -0.4 is 20.5 Å². The Labute approximate surface area is 199 Å². The van der Waals surface area contributed by atoms with Gasteiger partial charge in [0.1, 0.15) is 17.7 Å². The average Bonchev–Trinajstić information content (AvgIpc) is 3.20. The van der Waals surface area contributed by atoms with Gasteiger partial charge in [-0.1, -0.05) is 0 Å². The fourth-order valence-corrected chi connectivity index (χ4v) is 5.24. The first-order chi connectivity index (χ1) is 15.9. The van der Waals surface area contributed by atoms with Crippen LogP contribution in [0, 0.1) is 5.92 Å². The van der Waals surface area contributed by atoms with Crippen molar-refractivity contribution in [1.29, 1.82) is 0 Å². The SMILES string of the molecule is CNS(=O)(=O)C[C@H]1CC[C@H](N(C)c2ncnc3c2ccn3C(=O)NNC(=O)OC(C)(C)C)CC1. The molecule has 3 rings (SSSR count). The second-order valence-corrected chi connectivity index (χ2v) is 11.4. The van der Waals surface area contributed by atoms with E-state index >= 15 is 0 Å². The van der Waals surface area contributed by atoms with Crippen molar-refractivity contribution in [1.82, 2.24) is 30.1 Å². The molecular weight excluding hydrogens is 462 g/mol. The molecule has 0 saturated heterocycles. The molecule has 1 aliphatic rings. The predicted molar refractivity (Wildman–Crippen MR) is 128 cm³/mol. The third kappa shape index (κ3) is 6.35. The van der Waals surface area contributed by atoms with E-state index in [9.17, 15) is 18.0 Å². The molecule has 0 spiro atoms. The van der Waals surface area contributed by atoms with Crippen molar-refractivity contribution in [3.05, 3.63) is 18.6 Å². The van der Waals surface area contributed by atoms with Crippen LogP contribution in [0.1, 0.15) is 46.5 Å². The highest BCUT2D eigenvalue weighted by Gasteiger charge is 2.28. The Balaban J connectivity index is 1.67. The largest absolute Gasteiger partial charge is 0.443 e. The van der Waals surface area contributed by atoms with Crippen LogP contribution in [-0.4, -0.2) is 66.6 Å². The van der Waals surface area contributed by atoms with Crippen molar-refractivity contribution in [2.24, 2.45) is 5.92 Å². The monoisotopic (exact) mass is 495 g/mol. The summed E-state index contributed by atoms with van der Waals surface area (Å²) >= 11 is 0. The normalized spacial score (nSPS) is 19.0. The molecule has 1 saturated carbocycles. The highest BCUT2D eigenvalue weighted by atomic mass is 32.2. The van der Waals surface area contributed by atoms with E-state index in [1.807, 2.05) is 7.05 Å². The van der Waals surface area contributed by atoms with Crippen LogP contribution in [0.2, 0.25) is 0 Å². The molecule has 3 N–H and O–H groups in total. The van der Waals surface area contributed by atoms with E-state index in [4.69, 9.17) is 4.74 Å². The Bertz CT molecular complexity index is 1130. The molecule has 2 aromatic rings. The maximum absolute atomic E-state index is 12.6. The zero-order valence-electron chi connectivity index (χ0n) is 20.2. The summed E-state index contributed by atoms with van der Waals surface area (Å²) in [6.45, 7) is 5.17. The molecule has 1 fully saturated rings. The van der Waals surface area contributed by atoms with Crippen LogP contribution in [0.3, 0.4) is 0 Å². The molecule has 0 atom stereocenters. The first-order valence-electron chi connectivity index (χ1n) is 11.2. The molecule has 188 valence electrons. The van der Waals surface area contributed by atoms with Gasteiger partial charge in [-0.25, -0.2) is 43.5 Å². The van der Waals surface area contributed by atoms with E-state index in [1.54, 1.807) is 33.0 Å². The first-order valence-corrected chi connectivity index (χ1v) is 12.8. The number of amides is 2. The molecule has 1 aliphatic carbocycles. The number of anilines is 1. The number of hydrogen-bond donors (Lipinski definition) is 3. The lowest BCUT2D eigenvalue weighted by Gasteiger charge is -2.35. The number of hydrogen-bond acceptors (Lipinski definition) is 8. The maximum atomic E-state index is 12.6. The molecule has 0 aliphatic heterocycles. The Kier molecular flexibility index (Phi) is 7.66. The minimum Gasteiger partial charge on any atom is -0.443 e. The number of hydrazine groups is 1. The third-order valence-corrected chi connectivity index (χ3v) is 7.35. The van der Waals surface area contributed by atoms with Gasteiger partial charge in [0.25, 0.3) is 0 Å². The fraction of sp³-hybridized carbons (Fsp3) is 0.619. The van der Waals surface area contributed by atoms with Gasteiger partial charge in [-0.15, -0.1) is 0 Å². The summed E-state index contributed by atoms with van der Waals surface area (Å²) in [6, 6.07) is 1.34. The Morgan fingerprint density at radius 2 is 1.85 bits per heavy atom. The zero-order valence-corrected chi connectivity index (χ0v) is 21.0. The van der Waals surface area contributed by atoms with E-state index in [2.05, 4.69) is 30.4 Å². The van der Waals surface area contributed by atoms with Gasteiger partial charge in [-0.3, -0.25) is 4.57 Å². The Morgan fingerprint density at radius 1 is 1.18 bits per heavy atom. The lowest BCUT2D eigenvalue weighted by Crippen LogP contribution is -2.45. The van der Waals surface area contributed by atoms with Crippen LogP contribution in [0.15, 0.2) is 18.6 Å². The zero-order chi connectivity index (χ0) is 25.1. The summed E-state index contributed by atoms with van der Waals surface area (Å²) in [7, 11) is 0.161. The number of carbonyl (C=O) groups is 2. The molecule has 34 heavy (non-hydrogen) atoms. The predicted octanol–water partition coefficient (Wildman–Crippen LogP) is 1.97. The number of sulfonamides is 1. The summed E-state index contributed by atoms with van der Waals surface area (Å²) in [5, 5.41) is 0.692. The van der Waals surface area contributed by atoms with Crippen LogP contribution in [0.25, 0.3) is 11.0 Å². The minimum absolute atomic E-state index is 0.134. The number of rotatable bonds is 5. The second kappa shape index (κ2) is 10.1. The number of nitrogens with zero attached hydrogens (tertiary/aromatic N) is 4. The van der Waals surface area contributed by atoms with Gasteiger partial charge in [0.2, 0.25) is 10.0 Å². The first kappa shape index (κ1) is 25.7. The summed E-state index contributed by atoms with van der Waals surface area (Å²) in [4.78, 5) is 35.2. The van der Waals surface area contributed by atoms with Gasteiger partial charge >= 0.3 is 12.1 Å². The summed E-state index contributed by atoms with van der Waals surface area (Å²) in [6.07, 6.45) is 5.48. The van der Waals surface area contributed by atoms with Crippen molar-refractivity contribution in [3.63, 3.8) is 0 Å². The van der Waals surface area contributed by atoms with Gasteiger partial charge in [0.15, 0.2) is 5.65 Å². The van der Waals surface area contributed by atoms with Gasteiger partial charge in [-0.05, 0) is 65.5 Å². The van der Waals surface area contributed by atoms with Gasteiger partial charge in [-0.2, -0.15) is 0 Å². The molecule has 0 aromatic carbocycles. The topological polar surface area (TPSA) is 148 Å². The number of carbonyl (C=O) groups excluding carboxylic acids is 2. The Morgan fingerprint density at radius 3 is 2.47 bits per heavy atom. The quantitative estimate of drug-likeness (QED) is 0.533. The molecule has 0 radical (unpaired) electrons. The van der Waals surface area contributed by atoms with Crippen molar-refractivity contribution in [3.8, 4) is 0 Å². The van der Waals surface area contributed by atoms with Crippen LogP contribution in [0.5, 0.6) is 0 Å².